The molecule has 0 aliphatic carbocycles. The quantitative estimate of drug-likeness (QED) is 0.550. The number of hydrogen-bond donors (Lipinski definition) is 0. The predicted octanol–water partition coefficient (Wildman–Crippen LogP) is 4.49. The molecule has 0 unspecified atom stereocenters. The highest BCUT2D eigenvalue weighted by atomic mass is 35.5. The lowest BCUT2D eigenvalue weighted by molar-refractivity contribution is 0.0680. The molecule has 0 atom stereocenters. The van der Waals surface area contributed by atoms with Gasteiger partial charge in [0.25, 0.3) is 5.91 Å². The molecule has 0 bridgehead atoms. The van der Waals surface area contributed by atoms with Crippen molar-refractivity contribution in [2.24, 2.45) is 0 Å². The van der Waals surface area contributed by atoms with Gasteiger partial charge < -0.3 is 14.4 Å². The molecule has 0 spiro atoms. The fraction of sp³-hybridized carbons (Fsp3) is 0.273. The number of pyridine rings is 1. The van der Waals surface area contributed by atoms with E-state index < -0.39 is 0 Å². The Bertz CT molecular complexity index is 973. The highest BCUT2D eigenvalue weighted by Crippen LogP contribution is 2.24. The van der Waals surface area contributed by atoms with Crippen LogP contribution in [0.25, 0.3) is 10.9 Å². The summed E-state index contributed by atoms with van der Waals surface area (Å²) in [6.07, 6.45) is 0. The van der Waals surface area contributed by atoms with Crippen LogP contribution in [0.2, 0.25) is 5.15 Å². The van der Waals surface area contributed by atoms with Crippen molar-refractivity contribution in [2.75, 3.05) is 27.4 Å². The van der Waals surface area contributed by atoms with E-state index in [9.17, 15) is 4.79 Å². The van der Waals surface area contributed by atoms with Gasteiger partial charge in [0.05, 0.1) is 19.2 Å². The Hall–Kier alpha value is -2.63. The number of fused-ring (bicyclic) bond motifs is 1. The van der Waals surface area contributed by atoms with Gasteiger partial charge in [-0.05, 0) is 48.9 Å². The second-order valence-electron chi connectivity index (χ2n) is 6.58. The fourth-order valence-electron chi connectivity index (χ4n) is 2.98. The maximum absolute atomic E-state index is 13.0. The molecule has 0 fully saturated rings. The molecule has 0 aliphatic rings. The molecule has 1 aromatic heterocycles. The lowest BCUT2D eigenvalue weighted by Gasteiger charge is -2.23. The summed E-state index contributed by atoms with van der Waals surface area (Å²) in [5, 5.41) is 1.40. The third-order valence-corrected chi connectivity index (χ3v) is 4.88. The van der Waals surface area contributed by atoms with Crippen molar-refractivity contribution in [3.63, 3.8) is 0 Å². The average molecular weight is 399 g/mol. The third kappa shape index (κ3) is 4.61. The number of rotatable bonds is 7. The first-order valence-electron chi connectivity index (χ1n) is 9.00. The normalized spacial score (nSPS) is 10.9. The molecule has 3 aromatic rings. The van der Waals surface area contributed by atoms with Gasteiger partial charge in [0.1, 0.15) is 10.9 Å². The number of benzene rings is 2. The summed E-state index contributed by atoms with van der Waals surface area (Å²) in [6.45, 7) is 3.25. The Morgan fingerprint density at radius 3 is 2.54 bits per heavy atom. The maximum atomic E-state index is 13.0. The van der Waals surface area contributed by atoms with E-state index in [0.29, 0.717) is 36.2 Å². The van der Waals surface area contributed by atoms with Crippen LogP contribution in [0.1, 0.15) is 21.5 Å². The first-order chi connectivity index (χ1) is 13.5. The lowest BCUT2D eigenvalue weighted by atomic mass is 10.1. The van der Waals surface area contributed by atoms with Crippen molar-refractivity contribution >= 4 is 28.4 Å². The van der Waals surface area contributed by atoms with Crippen molar-refractivity contribution in [3.05, 3.63) is 70.4 Å². The molecule has 0 saturated heterocycles. The number of hydrogen-bond acceptors (Lipinski definition) is 4. The van der Waals surface area contributed by atoms with Gasteiger partial charge in [0.15, 0.2) is 0 Å². The van der Waals surface area contributed by atoms with E-state index in [-0.39, 0.29) is 5.91 Å². The Labute approximate surface area is 169 Å². The van der Waals surface area contributed by atoms with Crippen LogP contribution in [0.4, 0.5) is 0 Å². The summed E-state index contributed by atoms with van der Waals surface area (Å²) in [5.74, 6) is 0.608. The molecule has 28 heavy (non-hydrogen) atoms. The second-order valence-corrected chi connectivity index (χ2v) is 6.94. The number of nitrogens with zero attached hydrogens (tertiary/aromatic N) is 2. The predicted molar refractivity (Wildman–Crippen MR) is 111 cm³/mol. The van der Waals surface area contributed by atoms with Gasteiger partial charge in [-0.3, -0.25) is 4.79 Å². The Morgan fingerprint density at radius 2 is 1.86 bits per heavy atom. The number of ether oxygens (including phenoxy) is 2. The lowest BCUT2D eigenvalue weighted by Crippen LogP contribution is -2.33. The van der Waals surface area contributed by atoms with E-state index in [1.54, 1.807) is 43.4 Å². The maximum Gasteiger partial charge on any atom is 0.254 e. The Kier molecular flexibility index (Phi) is 6.49. The topological polar surface area (TPSA) is 51.7 Å². The third-order valence-electron chi connectivity index (χ3n) is 4.55. The van der Waals surface area contributed by atoms with E-state index >= 15 is 0 Å². The van der Waals surface area contributed by atoms with Crippen LogP contribution < -0.4 is 4.74 Å². The van der Waals surface area contributed by atoms with Gasteiger partial charge >= 0.3 is 0 Å². The molecule has 1 amide bonds. The van der Waals surface area contributed by atoms with Gasteiger partial charge in [0, 0.05) is 36.7 Å². The molecule has 2 aromatic carbocycles. The molecule has 3 rings (SSSR count). The zero-order valence-corrected chi connectivity index (χ0v) is 17.0. The van der Waals surface area contributed by atoms with Crippen LogP contribution in [-0.4, -0.2) is 43.2 Å². The van der Waals surface area contributed by atoms with Crippen molar-refractivity contribution in [3.8, 4) is 5.75 Å². The van der Waals surface area contributed by atoms with Gasteiger partial charge in [-0.25, -0.2) is 4.98 Å². The molecule has 1 heterocycles. The highest BCUT2D eigenvalue weighted by molar-refractivity contribution is 6.30. The van der Waals surface area contributed by atoms with Gasteiger partial charge in [-0.1, -0.05) is 23.7 Å². The molecule has 0 saturated carbocycles. The molecule has 0 radical (unpaired) electrons. The standard InChI is InChI=1S/C22H23ClN2O3/c1-15-4-5-17-13-18(21(23)24-20(17)12-15)14-25(10-11-27-2)22(26)16-6-8-19(28-3)9-7-16/h4-9,12-13H,10-11,14H2,1-3H3. The van der Waals surface area contributed by atoms with E-state index in [0.717, 1.165) is 22.0 Å². The number of carbonyl (C=O) groups excluding carboxylic acids is 1. The monoisotopic (exact) mass is 398 g/mol. The minimum atomic E-state index is -0.0974. The van der Waals surface area contributed by atoms with E-state index in [1.165, 1.54) is 0 Å². The summed E-state index contributed by atoms with van der Waals surface area (Å²) in [6, 6.07) is 15.1. The largest absolute Gasteiger partial charge is 0.497 e. The number of methoxy groups -OCH3 is 2. The van der Waals surface area contributed by atoms with E-state index in [2.05, 4.69) is 4.98 Å². The van der Waals surface area contributed by atoms with Crippen LogP contribution in [-0.2, 0) is 11.3 Å². The zero-order chi connectivity index (χ0) is 20.1. The second kappa shape index (κ2) is 9.04. The summed E-state index contributed by atoms with van der Waals surface area (Å²) in [4.78, 5) is 19.3. The zero-order valence-electron chi connectivity index (χ0n) is 16.2. The van der Waals surface area contributed by atoms with Gasteiger partial charge in [-0.2, -0.15) is 0 Å². The van der Waals surface area contributed by atoms with E-state index in [1.807, 2.05) is 31.2 Å². The van der Waals surface area contributed by atoms with Crippen LogP contribution in [0.3, 0.4) is 0 Å². The number of halogens is 1. The van der Waals surface area contributed by atoms with Crippen molar-refractivity contribution in [2.45, 2.75) is 13.5 Å². The van der Waals surface area contributed by atoms with Gasteiger partial charge in [-0.15, -0.1) is 0 Å². The molecule has 5 nitrogen and oxygen atoms in total. The van der Waals surface area contributed by atoms with E-state index in [4.69, 9.17) is 21.1 Å². The van der Waals surface area contributed by atoms with Crippen LogP contribution in [0, 0.1) is 6.92 Å². The number of aryl methyl sites for hydroxylation is 1. The SMILES string of the molecule is COCCN(Cc1cc2ccc(C)cc2nc1Cl)C(=O)c1ccc(OC)cc1. The Morgan fingerprint density at radius 1 is 1.11 bits per heavy atom. The molecule has 0 aliphatic heterocycles. The average Bonchev–Trinajstić information content (AvgIpc) is 2.71. The minimum absolute atomic E-state index is 0.0974. The first kappa shape index (κ1) is 20.1. The summed E-state index contributed by atoms with van der Waals surface area (Å²) < 4.78 is 10.3. The summed E-state index contributed by atoms with van der Waals surface area (Å²) in [7, 11) is 3.21. The molecule has 6 heteroatoms. The molecule has 0 N–H and O–H groups in total. The number of carbonyl (C=O) groups is 1. The minimum Gasteiger partial charge on any atom is -0.497 e. The smallest absolute Gasteiger partial charge is 0.254 e. The summed E-state index contributed by atoms with van der Waals surface area (Å²) >= 11 is 6.43. The van der Waals surface area contributed by atoms with Crippen LogP contribution in [0.5, 0.6) is 5.75 Å². The summed E-state index contributed by atoms with van der Waals surface area (Å²) in [5.41, 5.74) is 3.35. The van der Waals surface area contributed by atoms with Crippen molar-refractivity contribution in [1.29, 1.82) is 0 Å². The van der Waals surface area contributed by atoms with Crippen molar-refractivity contribution in [1.82, 2.24) is 9.88 Å². The number of aromatic nitrogens is 1. The fourth-order valence-corrected chi connectivity index (χ4v) is 3.19. The molecular formula is C22H23ClN2O3. The molecular weight excluding hydrogens is 376 g/mol. The first-order valence-corrected chi connectivity index (χ1v) is 9.37. The number of amides is 1. The van der Waals surface area contributed by atoms with Crippen LogP contribution in [0.15, 0.2) is 48.5 Å². The molecule has 146 valence electrons. The van der Waals surface area contributed by atoms with Gasteiger partial charge in [0.2, 0.25) is 0 Å². The van der Waals surface area contributed by atoms with Crippen LogP contribution >= 0.6 is 11.6 Å². The Balaban J connectivity index is 1.89. The highest BCUT2D eigenvalue weighted by Gasteiger charge is 2.18. The van der Waals surface area contributed by atoms with Crippen molar-refractivity contribution < 1.29 is 14.3 Å².